The zero-order valence-corrected chi connectivity index (χ0v) is 53.5. The van der Waals surface area contributed by atoms with Gasteiger partial charge in [0.2, 0.25) is 0 Å². The molecule has 3 aliphatic heterocycles. The maximum Gasteiger partial charge on any atom is 0.364 e. The molecule has 0 amide bonds. The number of esters is 3. The number of hydrogen-bond donors (Lipinski definition) is 0. The number of hydrogen-bond acceptors (Lipinski definition) is 10. The maximum atomic E-state index is 14.6. The molecule has 5 rings (SSSR count). The Morgan fingerprint density at radius 3 is 1.22 bits per heavy atom. The van der Waals surface area contributed by atoms with Gasteiger partial charge in [0.05, 0.1) is 6.42 Å². The molecule has 0 saturated carbocycles. The van der Waals surface area contributed by atoms with Gasteiger partial charge in [-0.3, -0.25) is 4.79 Å². The van der Waals surface area contributed by atoms with E-state index < -0.39 is 24.0 Å². The molecule has 3 heterocycles. The van der Waals surface area contributed by atoms with Crippen LogP contribution in [0.15, 0.2) is 0 Å². The molecule has 10 nitrogen and oxygen atoms in total. The first kappa shape index (κ1) is 66.2. The van der Waals surface area contributed by atoms with Gasteiger partial charge in [0.1, 0.15) is 34.2 Å². The third kappa shape index (κ3) is 20.1. The molecular weight excluding hydrogens is 985 g/mol. The van der Waals surface area contributed by atoms with E-state index in [2.05, 4.69) is 86.1 Å². The van der Waals surface area contributed by atoms with Crippen molar-refractivity contribution in [3.63, 3.8) is 0 Å². The quantitative estimate of drug-likeness (QED) is 0.0400. The molecule has 0 aliphatic carbocycles. The Balaban J connectivity index is 1.24. The highest BCUT2D eigenvalue weighted by Gasteiger charge is 2.40. The number of carbonyl (C=O) groups excluding carboxylic acids is 3. The summed E-state index contributed by atoms with van der Waals surface area (Å²) in [5, 5.41) is 0. The van der Waals surface area contributed by atoms with Gasteiger partial charge < -0.3 is 33.5 Å². The highest BCUT2D eigenvalue weighted by atomic mass is 16.6. The topological polar surface area (TPSA) is 104 Å². The van der Waals surface area contributed by atoms with Gasteiger partial charge in [-0.25, -0.2) is 9.59 Å². The van der Waals surface area contributed by atoms with Crippen molar-refractivity contribution in [2.75, 3.05) is 39.8 Å². The number of benzene rings is 2. The number of fused-ring (bicyclic) bond motifs is 2. The van der Waals surface area contributed by atoms with Crippen molar-refractivity contribution in [2.24, 2.45) is 35.5 Å². The summed E-state index contributed by atoms with van der Waals surface area (Å²) in [5.41, 5.74) is 6.31. The summed E-state index contributed by atoms with van der Waals surface area (Å²) in [7, 11) is 2.09. The first-order chi connectivity index (χ1) is 37.3. The number of rotatable bonds is 32. The van der Waals surface area contributed by atoms with Crippen LogP contribution in [0.3, 0.4) is 0 Å². The molecular formula is C69H114N2O8. The molecule has 3 aliphatic rings. The fraction of sp³-hybridized carbons (Fsp3) is 0.783. The van der Waals surface area contributed by atoms with E-state index in [1.165, 1.54) is 89.9 Å². The van der Waals surface area contributed by atoms with E-state index in [-0.39, 0.29) is 17.6 Å². The molecule has 1 saturated heterocycles. The summed E-state index contributed by atoms with van der Waals surface area (Å²) in [4.78, 5) is 47.3. The second kappa shape index (κ2) is 31.1. The Morgan fingerprint density at radius 1 is 0.494 bits per heavy atom. The first-order valence-electron chi connectivity index (χ1n) is 32.0. The van der Waals surface area contributed by atoms with Crippen molar-refractivity contribution in [2.45, 2.75) is 276 Å². The van der Waals surface area contributed by atoms with Crippen LogP contribution in [0.4, 0.5) is 0 Å². The summed E-state index contributed by atoms with van der Waals surface area (Å²) in [5.74, 6) is 4.42. The van der Waals surface area contributed by atoms with Gasteiger partial charge in [-0.1, -0.05) is 145 Å². The Kier molecular flexibility index (Phi) is 26.1. The van der Waals surface area contributed by atoms with Crippen LogP contribution >= 0.6 is 0 Å². The van der Waals surface area contributed by atoms with Crippen LogP contribution in [0.5, 0.6) is 23.0 Å². The van der Waals surface area contributed by atoms with Crippen LogP contribution in [0, 0.1) is 77.0 Å². The SMILES string of the molecule is Cc1c(C)c2c(c(C)c1OC(=O)C(OC(=O)CCN1CCN(C)CC1)C(=O)Oc1c(C)c(C)c3c(c1C)CC[C@@](C)(CCC[C@H](C)CCC[C@H](C)CCCC(C)C)O3)CC[C@@](C)(CCC[C@H](C)CCC[C@H](C)CCCC(C)C)O2. The van der Waals surface area contributed by atoms with Gasteiger partial charge >= 0.3 is 17.9 Å². The number of likely N-dealkylation sites (N-methyl/N-ethyl adjacent to an activating group) is 1. The van der Waals surface area contributed by atoms with Gasteiger partial charge in [-0.15, -0.1) is 0 Å². The lowest BCUT2D eigenvalue weighted by atomic mass is 9.83. The highest BCUT2D eigenvalue weighted by molar-refractivity contribution is 6.01. The molecule has 10 heteroatoms. The van der Waals surface area contributed by atoms with Gasteiger partial charge in [0, 0.05) is 43.9 Å². The minimum Gasteiger partial charge on any atom is -0.487 e. The third-order valence-corrected chi connectivity index (χ3v) is 19.0. The lowest BCUT2D eigenvalue weighted by Crippen LogP contribution is -2.45. The number of ether oxygens (including phenoxy) is 5. The summed E-state index contributed by atoms with van der Waals surface area (Å²) in [6.45, 7) is 39.1. The normalized spacial score (nSPS) is 20.3. The number of carbonyl (C=O) groups is 3. The molecule has 0 spiro atoms. The Morgan fingerprint density at radius 2 is 0.848 bits per heavy atom. The Bertz CT molecular complexity index is 2140. The zero-order chi connectivity index (χ0) is 58.2. The lowest BCUT2D eigenvalue weighted by Gasteiger charge is -2.38. The highest BCUT2D eigenvalue weighted by Crippen LogP contribution is 2.47. The monoisotopic (exact) mass is 1100 g/mol. The Labute approximate surface area is 482 Å². The molecule has 0 unspecified atom stereocenters. The maximum absolute atomic E-state index is 14.6. The minimum absolute atomic E-state index is 0.0206. The third-order valence-electron chi connectivity index (χ3n) is 19.0. The van der Waals surface area contributed by atoms with Crippen molar-refractivity contribution >= 4 is 17.9 Å². The minimum atomic E-state index is -1.94. The largest absolute Gasteiger partial charge is 0.487 e. The standard InChI is InChI=1S/C69H114N2O8/c1-46(2)24-18-26-48(5)28-20-30-50(7)32-22-37-68(15)39-34-58-56(13)61(52(9)54(11)63(58)78-68)76-66(73)65(75-60(72)36-41-71-44-42-70(17)43-45-71)67(74)77-62-53(10)55(12)64-59(57(62)14)35-40-69(16,79-64)38-23-33-51(8)31-21-29-49(6)27-19-25-47(3)4/h46-51,65H,18-45H2,1-17H3/t48-,49-,50-,51-,68-,69-/m1/s1. The van der Waals surface area contributed by atoms with E-state index >= 15 is 0 Å². The van der Waals surface area contributed by atoms with Crippen molar-refractivity contribution in [1.29, 1.82) is 0 Å². The Hall–Kier alpha value is -3.63. The fourth-order valence-corrected chi connectivity index (χ4v) is 12.8. The number of nitrogens with zero attached hydrogens (tertiary/aromatic N) is 2. The summed E-state index contributed by atoms with van der Waals surface area (Å²) >= 11 is 0. The molecule has 1 fully saturated rings. The second-order valence-electron chi connectivity index (χ2n) is 27.5. The summed E-state index contributed by atoms with van der Waals surface area (Å²) < 4.78 is 32.3. The fourth-order valence-electron chi connectivity index (χ4n) is 12.8. The zero-order valence-electron chi connectivity index (χ0n) is 53.5. The van der Waals surface area contributed by atoms with Gasteiger partial charge in [0.15, 0.2) is 0 Å². The van der Waals surface area contributed by atoms with E-state index in [0.717, 1.165) is 157 Å². The van der Waals surface area contributed by atoms with Crippen LogP contribution < -0.4 is 18.9 Å². The summed E-state index contributed by atoms with van der Waals surface area (Å²) in [6, 6.07) is 0. The molecule has 0 N–H and O–H groups in total. The van der Waals surface area contributed by atoms with E-state index in [4.69, 9.17) is 23.7 Å². The average molecular weight is 1100 g/mol. The second-order valence-corrected chi connectivity index (χ2v) is 27.5. The molecule has 0 radical (unpaired) electrons. The predicted octanol–water partition coefficient (Wildman–Crippen LogP) is 16.6. The molecule has 0 aromatic heterocycles. The van der Waals surface area contributed by atoms with Gasteiger partial charge in [-0.05, 0) is 183 Å². The molecule has 0 bridgehead atoms. The van der Waals surface area contributed by atoms with Gasteiger partial charge in [-0.2, -0.15) is 0 Å². The molecule has 448 valence electrons. The van der Waals surface area contributed by atoms with Crippen LogP contribution in [0.2, 0.25) is 0 Å². The predicted molar refractivity (Wildman–Crippen MR) is 325 cm³/mol. The number of piperazine rings is 1. The molecule has 2 aromatic carbocycles. The smallest absolute Gasteiger partial charge is 0.364 e. The van der Waals surface area contributed by atoms with E-state index in [0.29, 0.717) is 29.9 Å². The molecule has 2 aromatic rings. The van der Waals surface area contributed by atoms with Crippen LogP contribution in [-0.2, 0) is 32.0 Å². The van der Waals surface area contributed by atoms with Crippen LogP contribution in [0.25, 0.3) is 0 Å². The van der Waals surface area contributed by atoms with E-state index in [1.54, 1.807) is 0 Å². The van der Waals surface area contributed by atoms with Crippen molar-refractivity contribution in [1.82, 2.24) is 9.80 Å². The van der Waals surface area contributed by atoms with Crippen molar-refractivity contribution < 1.29 is 38.1 Å². The molecule has 79 heavy (non-hydrogen) atoms. The van der Waals surface area contributed by atoms with E-state index in [9.17, 15) is 14.4 Å². The average Bonchev–Trinajstić information content (AvgIpc) is 3.51. The van der Waals surface area contributed by atoms with Crippen LogP contribution in [0.1, 0.15) is 249 Å². The molecule has 6 atom stereocenters. The van der Waals surface area contributed by atoms with Crippen molar-refractivity contribution in [3.8, 4) is 23.0 Å². The van der Waals surface area contributed by atoms with E-state index in [1.807, 2.05) is 41.5 Å². The summed E-state index contributed by atoms with van der Waals surface area (Å²) in [6.07, 6.45) is 23.8. The first-order valence-corrected chi connectivity index (χ1v) is 32.0. The van der Waals surface area contributed by atoms with Gasteiger partial charge in [0.25, 0.3) is 6.10 Å². The van der Waals surface area contributed by atoms with Crippen molar-refractivity contribution in [3.05, 3.63) is 44.5 Å². The van der Waals surface area contributed by atoms with Crippen LogP contribution in [-0.4, -0.2) is 84.8 Å². The lowest BCUT2D eigenvalue weighted by molar-refractivity contribution is -0.172.